The number of hydrogen-bond acceptors (Lipinski definition) is 7. The molecule has 1 heterocycles. The van der Waals surface area contributed by atoms with Crippen LogP contribution in [0.5, 0.6) is 0 Å². The fourth-order valence-corrected chi connectivity index (χ4v) is 2.94. The van der Waals surface area contributed by atoms with Crippen LogP contribution in [-0.4, -0.2) is 27.8 Å². The van der Waals surface area contributed by atoms with Gasteiger partial charge in [-0.25, -0.2) is 4.98 Å². The topological polar surface area (TPSA) is 153 Å². The lowest BCUT2D eigenvalue weighted by Crippen LogP contribution is -2.44. The zero-order chi connectivity index (χ0) is 23.0. The molecule has 0 bridgehead atoms. The molecule has 0 fully saturated rings. The number of nitro benzene ring substituents is 1. The molecule has 10 heteroatoms. The molecule has 10 nitrogen and oxygen atoms in total. The first-order valence-corrected chi connectivity index (χ1v) is 10.3. The molecule has 0 saturated carbocycles. The van der Waals surface area contributed by atoms with Gasteiger partial charge in [0.1, 0.15) is 12.3 Å². The zero-order valence-electron chi connectivity index (χ0n) is 18.0. The molecule has 31 heavy (non-hydrogen) atoms. The number of anilines is 1. The number of amides is 2. The summed E-state index contributed by atoms with van der Waals surface area (Å²) in [6.07, 6.45) is 4.24. The highest BCUT2D eigenvalue weighted by Crippen LogP contribution is 2.18. The van der Waals surface area contributed by atoms with E-state index < -0.39 is 28.8 Å². The molecule has 168 valence electrons. The van der Waals surface area contributed by atoms with Crippen LogP contribution in [0.4, 0.5) is 11.4 Å². The summed E-state index contributed by atoms with van der Waals surface area (Å²) >= 11 is 0. The maximum absolute atomic E-state index is 12.7. The highest BCUT2D eigenvalue weighted by atomic mass is 16.6. The molecule has 2 atom stereocenters. The van der Waals surface area contributed by atoms with Crippen LogP contribution in [0.2, 0.25) is 0 Å². The van der Waals surface area contributed by atoms with Crippen molar-refractivity contribution in [2.45, 2.75) is 58.5 Å². The fraction of sp³-hybridized carbons (Fsp3) is 0.476. The largest absolute Gasteiger partial charge is 0.446 e. The summed E-state index contributed by atoms with van der Waals surface area (Å²) in [4.78, 5) is 39.8. The number of nitrogens with two attached hydrogens (primary N) is 1. The normalized spacial score (nSPS) is 12.9. The Morgan fingerprint density at radius 3 is 2.52 bits per heavy atom. The van der Waals surface area contributed by atoms with Crippen molar-refractivity contribution in [3.8, 4) is 0 Å². The second kappa shape index (κ2) is 11.2. The van der Waals surface area contributed by atoms with Crippen molar-refractivity contribution < 1.29 is 18.9 Å². The predicted molar refractivity (Wildman–Crippen MR) is 115 cm³/mol. The van der Waals surface area contributed by atoms with Gasteiger partial charge in [0.05, 0.1) is 11.0 Å². The molecule has 2 amide bonds. The van der Waals surface area contributed by atoms with Crippen LogP contribution in [0.3, 0.4) is 0 Å². The van der Waals surface area contributed by atoms with Gasteiger partial charge in [-0.15, -0.1) is 0 Å². The fourth-order valence-electron chi connectivity index (χ4n) is 2.94. The molecule has 4 N–H and O–H groups in total. The molecular formula is C21H29N5O5. The predicted octanol–water partition coefficient (Wildman–Crippen LogP) is 3.56. The lowest BCUT2D eigenvalue weighted by molar-refractivity contribution is -0.384. The maximum atomic E-state index is 12.7. The first-order valence-electron chi connectivity index (χ1n) is 10.3. The smallest absolute Gasteiger partial charge is 0.273 e. The number of unbranched alkanes of at least 4 members (excludes halogenated alkanes) is 1. The summed E-state index contributed by atoms with van der Waals surface area (Å²) < 4.78 is 5.34. The van der Waals surface area contributed by atoms with Gasteiger partial charge in [-0.3, -0.25) is 19.7 Å². The summed E-state index contributed by atoms with van der Waals surface area (Å²) in [5.74, 6) is -0.556. The number of non-ortho nitro benzene ring substituents is 1. The maximum Gasteiger partial charge on any atom is 0.273 e. The van der Waals surface area contributed by atoms with Crippen LogP contribution in [0.1, 0.15) is 68.9 Å². The minimum Gasteiger partial charge on any atom is -0.446 e. The first kappa shape index (κ1) is 24.0. The monoisotopic (exact) mass is 431 g/mol. The molecule has 0 aliphatic rings. The molecule has 0 aliphatic heterocycles. The van der Waals surface area contributed by atoms with Gasteiger partial charge < -0.3 is 20.8 Å². The van der Waals surface area contributed by atoms with E-state index in [1.165, 1.54) is 30.5 Å². The van der Waals surface area contributed by atoms with Crippen molar-refractivity contribution in [3.05, 3.63) is 52.2 Å². The van der Waals surface area contributed by atoms with Crippen LogP contribution in [0, 0.1) is 16.0 Å². The number of rotatable bonds is 11. The number of benzene rings is 1. The summed E-state index contributed by atoms with van der Waals surface area (Å²) in [6, 6.07) is 4.25. The third-order valence-corrected chi connectivity index (χ3v) is 4.62. The Labute approximate surface area is 180 Å². The molecule has 1 aromatic carbocycles. The minimum absolute atomic E-state index is 0.0545. The molecular weight excluding hydrogens is 402 g/mol. The zero-order valence-corrected chi connectivity index (χ0v) is 18.0. The van der Waals surface area contributed by atoms with Crippen molar-refractivity contribution >= 4 is 23.2 Å². The van der Waals surface area contributed by atoms with Crippen LogP contribution < -0.4 is 16.4 Å². The van der Waals surface area contributed by atoms with E-state index >= 15 is 0 Å². The Morgan fingerprint density at radius 2 is 1.94 bits per heavy atom. The van der Waals surface area contributed by atoms with Gasteiger partial charge in [0, 0.05) is 17.8 Å². The number of aromatic nitrogens is 1. The van der Waals surface area contributed by atoms with Crippen molar-refractivity contribution in [2.24, 2.45) is 11.7 Å². The molecule has 0 radical (unpaired) electrons. The number of oxazole rings is 1. The Balaban J connectivity index is 2.06. The van der Waals surface area contributed by atoms with Gasteiger partial charge >= 0.3 is 0 Å². The van der Waals surface area contributed by atoms with E-state index in [1.54, 1.807) is 0 Å². The number of nitrogens with zero attached hydrogens (tertiary/aromatic N) is 2. The van der Waals surface area contributed by atoms with Gasteiger partial charge in [0.2, 0.25) is 11.8 Å². The van der Waals surface area contributed by atoms with Gasteiger partial charge in [-0.1, -0.05) is 33.6 Å². The van der Waals surface area contributed by atoms with Gasteiger partial charge in [-0.2, -0.15) is 0 Å². The van der Waals surface area contributed by atoms with Gasteiger partial charge in [0.25, 0.3) is 11.6 Å². The molecule has 1 aromatic heterocycles. The summed E-state index contributed by atoms with van der Waals surface area (Å²) in [7, 11) is 0. The molecule has 0 spiro atoms. The third kappa shape index (κ3) is 7.18. The van der Waals surface area contributed by atoms with Crippen LogP contribution in [0.25, 0.3) is 0 Å². The molecule has 0 saturated heterocycles. The van der Waals surface area contributed by atoms with E-state index in [0.717, 1.165) is 12.8 Å². The number of hydrogen-bond donors (Lipinski definition) is 3. The van der Waals surface area contributed by atoms with Crippen LogP contribution in [-0.2, 0) is 4.79 Å². The van der Waals surface area contributed by atoms with Gasteiger partial charge in [0.15, 0.2) is 5.69 Å². The highest BCUT2D eigenvalue weighted by Gasteiger charge is 2.25. The van der Waals surface area contributed by atoms with E-state index in [1.807, 2.05) is 13.8 Å². The molecule has 2 rings (SSSR count). The van der Waals surface area contributed by atoms with Gasteiger partial charge in [-0.05, 0) is 30.9 Å². The Bertz CT molecular complexity index is 894. The Kier molecular flexibility index (Phi) is 8.68. The summed E-state index contributed by atoms with van der Waals surface area (Å²) in [5.41, 5.74) is 6.40. The van der Waals surface area contributed by atoms with E-state index in [0.29, 0.717) is 18.5 Å². The van der Waals surface area contributed by atoms with E-state index in [9.17, 15) is 19.7 Å². The average Bonchev–Trinajstić information content (AvgIpc) is 3.22. The standard InChI is InChI=1S/C21H29N5O5/c1-4-5-6-16(22)21-25-18(12-31-21)20(28)24-17(11-13(2)3)19(27)23-14-7-9-15(10-8-14)26(29)30/h7-10,12-13,16-17H,4-6,11,22H2,1-3H3,(H,23,27)(H,24,28). The van der Waals surface area contributed by atoms with E-state index in [4.69, 9.17) is 10.2 Å². The van der Waals surface area contributed by atoms with Crippen molar-refractivity contribution in [1.29, 1.82) is 0 Å². The van der Waals surface area contributed by atoms with Crippen LogP contribution in [0.15, 0.2) is 34.9 Å². The summed E-state index contributed by atoms with van der Waals surface area (Å²) in [5, 5.41) is 16.1. The van der Waals surface area contributed by atoms with Crippen molar-refractivity contribution in [1.82, 2.24) is 10.3 Å². The van der Waals surface area contributed by atoms with Crippen LogP contribution >= 0.6 is 0 Å². The Morgan fingerprint density at radius 1 is 1.26 bits per heavy atom. The molecule has 2 unspecified atom stereocenters. The minimum atomic E-state index is -0.823. The Hall–Kier alpha value is -3.27. The average molecular weight is 431 g/mol. The second-order valence-corrected chi connectivity index (χ2v) is 7.77. The molecule has 2 aromatic rings. The first-order chi connectivity index (χ1) is 14.7. The van der Waals surface area contributed by atoms with E-state index in [2.05, 4.69) is 22.5 Å². The second-order valence-electron chi connectivity index (χ2n) is 7.77. The SMILES string of the molecule is CCCCC(N)c1nc(C(=O)NC(CC(C)C)C(=O)Nc2ccc([N+](=O)[O-])cc2)co1. The van der Waals surface area contributed by atoms with Crippen molar-refractivity contribution in [2.75, 3.05) is 5.32 Å². The summed E-state index contributed by atoms with van der Waals surface area (Å²) in [6.45, 7) is 5.91. The third-order valence-electron chi connectivity index (χ3n) is 4.62. The highest BCUT2D eigenvalue weighted by molar-refractivity contribution is 6.00. The lowest BCUT2D eigenvalue weighted by atomic mass is 10.0. The number of nitrogens with one attached hydrogen (secondary N) is 2. The lowest BCUT2D eigenvalue weighted by Gasteiger charge is -2.19. The van der Waals surface area contributed by atoms with E-state index in [-0.39, 0.29) is 23.2 Å². The van der Waals surface area contributed by atoms with Crippen molar-refractivity contribution in [3.63, 3.8) is 0 Å². The number of carbonyl (C=O) groups excluding carboxylic acids is 2. The number of nitro groups is 1. The molecule has 0 aliphatic carbocycles. The number of carbonyl (C=O) groups is 2. The quantitative estimate of drug-likeness (QED) is 0.363.